The van der Waals surface area contributed by atoms with Crippen molar-refractivity contribution in [1.29, 1.82) is 0 Å². The molecule has 0 saturated carbocycles. The first-order chi connectivity index (χ1) is 13.2. The summed E-state index contributed by atoms with van der Waals surface area (Å²) in [6, 6.07) is 11.6. The normalized spacial score (nSPS) is 14.1. The van der Waals surface area contributed by atoms with E-state index in [-0.39, 0.29) is 11.5 Å². The highest BCUT2D eigenvalue weighted by Crippen LogP contribution is 2.50. The van der Waals surface area contributed by atoms with E-state index in [4.69, 9.17) is 13.8 Å². The summed E-state index contributed by atoms with van der Waals surface area (Å²) in [6.45, 7) is 11.6. The predicted molar refractivity (Wildman–Crippen MR) is 113 cm³/mol. The van der Waals surface area contributed by atoms with Gasteiger partial charge in [-0.3, -0.25) is 4.89 Å². The Bertz CT molecular complexity index is 888. The lowest BCUT2D eigenvalue weighted by molar-refractivity contribution is 0.0600. The first-order valence-corrected chi connectivity index (χ1v) is 10.8. The standard InChI is InChI=1S/C22H29O6P/c1-21(2,3)17-13-15(20(23)26-7)14-18(22(4,5)6)19(17)28-29(24,25)27-16-11-9-8-10-12-16/h8-14H,1-7H3,(H,24,25). The Kier molecular flexibility index (Phi) is 6.51. The van der Waals surface area contributed by atoms with Gasteiger partial charge in [0.15, 0.2) is 0 Å². The summed E-state index contributed by atoms with van der Waals surface area (Å²) in [6.07, 6.45) is 0. The van der Waals surface area contributed by atoms with Crippen LogP contribution in [-0.4, -0.2) is 18.0 Å². The second-order valence-electron chi connectivity index (χ2n) is 8.86. The number of hydrogen-bond acceptors (Lipinski definition) is 5. The van der Waals surface area contributed by atoms with Crippen LogP contribution in [0.2, 0.25) is 0 Å². The smallest absolute Gasteiger partial charge is 0.465 e. The van der Waals surface area contributed by atoms with Crippen LogP contribution in [0.25, 0.3) is 0 Å². The van der Waals surface area contributed by atoms with E-state index in [1.54, 1.807) is 42.5 Å². The van der Waals surface area contributed by atoms with Crippen LogP contribution in [-0.2, 0) is 20.1 Å². The summed E-state index contributed by atoms with van der Waals surface area (Å²) in [5, 5.41) is 0. The van der Waals surface area contributed by atoms with E-state index in [1.165, 1.54) is 7.11 Å². The van der Waals surface area contributed by atoms with Crippen LogP contribution < -0.4 is 9.05 Å². The quantitative estimate of drug-likeness (QED) is 0.499. The summed E-state index contributed by atoms with van der Waals surface area (Å²) in [5.41, 5.74) is 0.608. The van der Waals surface area contributed by atoms with Gasteiger partial charge in [-0.2, -0.15) is 0 Å². The summed E-state index contributed by atoms with van der Waals surface area (Å²) in [5.74, 6) is -0.0289. The number of phosphoric ester groups is 1. The Morgan fingerprint density at radius 2 is 1.38 bits per heavy atom. The largest absolute Gasteiger partial charge is 0.584 e. The summed E-state index contributed by atoms with van der Waals surface area (Å²) >= 11 is 0. The fourth-order valence-electron chi connectivity index (χ4n) is 2.83. The minimum atomic E-state index is -4.49. The van der Waals surface area contributed by atoms with Gasteiger partial charge in [0.2, 0.25) is 0 Å². The first-order valence-electron chi connectivity index (χ1n) is 9.29. The lowest BCUT2D eigenvalue weighted by atomic mass is 9.78. The lowest BCUT2D eigenvalue weighted by Crippen LogP contribution is -2.21. The minimum absolute atomic E-state index is 0.221. The fourth-order valence-corrected chi connectivity index (χ4v) is 3.68. The van der Waals surface area contributed by atoms with Crippen molar-refractivity contribution < 1.29 is 28.0 Å². The van der Waals surface area contributed by atoms with Gasteiger partial charge in [0.1, 0.15) is 11.5 Å². The summed E-state index contributed by atoms with van der Waals surface area (Å²) in [4.78, 5) is 22.7. The van der Waals surface area contributed by atoms with Crippen molar-refractivity contribution >= 4 is 13.8 Å². The van der Waals surface area contributed by atoms with Crippen LogP contribution in [0.15, 0.2) is 42.5 Å². The van der Waals surface area contributed by atoms with Crippen molar-refractivity contribution in [3.05, 3.63) is 59.2 Å². The van der Waals surface area contributed by atoms with Gasteiger partial charge in [-0.05, 0) is 35.1 Å². The number of hydrogen-bond donors (Lipinski definition) is 1. The Morgan fingerprint density at radius 1 is 0.897 bits per heavy atom. The molecule has 2 aromatic rings. The van der Waals surface area contributed by atoms with Crippen LogP contribution in [0, 0.1) is 0 Å². The molecule has 158 valence electrons. The highest BCUT2D eigenvalue weighted by atomic mass is 31.2. The lowest BCUT2D eigenvalue weighted by Gasteiger charge is -2.30. The second-order valence-corrected chi connectivity index (χ2v) is 10.2. The molecule has 29 heavy (non-hydrogen) atoms. The number of ether oxygens (including phenoxy) is 1. The van der Waals surface area contributed by atoms with Crippen molar-refractivity contribution in [3.8, 4) is 11.5 Å². The molecule has 0 aromatic heterocycles. The van der Waals surface area contributed by atoms with E-state index >= 15 is 0 Å². The number of esters is 1. The number of carbonyl (C=O) groups is 1. The monoisotopic (exact) mass is 420 g/mol. The third kappa shape index (κ3) is 5.84. The molecule has 0 fully saturated rings. The average Bonchev–Trinajstić information content (AvgIpc) is 2.59. The van der Waals surface area contributed by atoms with Crippen LogP contribution in [0.5, 0.6) is 11.5 Å². The zero-order valence-electron chi connectivity index (χ0n) is 18.0. The van der Waals surface area contributed by atoms with Gasteiger partial charge in [0.25, 0.3) is 0 Å². The highest BCUT2D eigenvalue weighted by Gasteiger charge is 2.35. The topological polar surface area (TPSA) is 82.1 Å². The molecular formula is C22H29O6P. The number of carbonyl (C=O) groups excluding carboxylic acids is 1. The van der Waals surface area contributed by atoms with Crippen LogP contribution >= 0.6 is 7.82 Å². The van der Waals surface area contributed by atoms with Gasteiger partial charge in [-0.15, -0.1) is 0 Å². The highest BCUT2D eigenvalue weighted by molar-refractivity contribution is 7.48. The van der Waals surface area contributed by atoms with Crippen molar-refractivity contribution in [3.63, 3.8) is 0 Å². The van der Waals surface area contributed by atoms with E-state index in [0.717, 1.165) is 0 Å². The molecule has 0 saturated heterocycles. The fraction of sp³-hybridized carbons (Fsp3) is 0.409. The maximum absolute atomic E-state index is 12.8. The molecule has 0 radical (unpaired) electrons. The predicted octanol–water partition coefficient (Wildman–Crippen LogP) is 5.63. The van der Waals surface area contributed by atoms with Crippen LogP contribution in [0.3, 0.4) is 0 Å². The third-order valence-electron chi connectivity index (χ3n) is 4.30. The average molecular weight is 420 g/mol. The number of para-hydroxylation sites is 1. The van der Waals surface area contributed by atoms with Gasteiger partial charge in [-0.1, -0.05) is 59.7 Å². The van der Waals surface area contributed by atoms with E-state index in [2.05, 4.69) is 0 Å². The van der Waals surface area contributed by atoms with Gasteiger partial charge < -0.3 is 13.8 Å². The number of methoxy groups -OCH3 is 1. The van der Waals surface area contributed by atoms with Crippen molar-refractivity contribution in [2.75, 3.05) is 7.11 Å². The molecule has 0 spiro atoms. The third-order valence-corrected chi connectivity index (χ3v) is 5.15. The van der Waals surface area contributed by atoms with Gasteiger partial charge >= 0.3 is 13.8 Å². The number of phosphoric acid groups is 1. The Hall–Kier alpha value is -2.30. The summed E-state index contributed by atoms with van der Waals surface area (Å²) < 4.78 is 28.6. The van der Waals surface area contributed by atoms with E-state index in [9.17, 15) is 14.3 Å². The molecule has 6 nitrogen and oxygen atoms in total. The molecule has 1 N–H and O–H groups in total. The van der Waals surface area contributed by atoms with Crippen molar-refractivity contribution in [2.24, 2.45) is 0 Å². The minimum Gasteiger partial charge on any atom is -0.465 e. The first kappa shape index (κ1) is 23.0. The summed E-state index contributed by atoms with van der Waals surface area (Å²) in [7, 11) is -3.18. The van der Waals surface area contributed by atoms with Crippen LogP contribution in [0.1, 0.15) is 63.0 Å². The molecule has 0 aliphatic rings. The second kappa shape index (κ2) is 8.21. The zero-order chi connectivity index (χ0) is 22.0. The molecule has 0 amide bonds. The molecule has 1 atom stereocenters. The molecular weight excluding hydrogens is 391 g/mol. The molecule has 0 aliphatic carbocycles. The molecule has 2 rings (SSSR count). The Labute approximate surface area is 172 Å². The van der Waals surface area contributed by atoms with Crippen molar-refractivity contribution in [1.82, 2.24) is 0 Å². The van der Waals surface area contributed by atoms with Gasteiger partial charge in [-0.25, -0.2) is 9.36 Å². The van der Waals surface area contributed by atoms with Crippen LogP contribution in [0.4, 0.5) is 0 Å². The maximum atomic E-state index is 12.8. The SMILES string of the molecule is COC(=O)c1cc(C(C)(C)C)c(OP(=O)(O)Oc2ccccc2)c(C(C)(C)C)c1. The molecule has 0 aliphatic heterocycles. The van der Waals surface area contributed by atoms with Gasteiger partial charge in [0.05, 0.1) is 12.7 Å². The number of rotatable bonds is 5. The molecule has 1 unspecified atom stereocenters. The molecule has 7 heteroatoms. The van der Waals surface area contributed by atoms with Gasteiger partial charge in [0, 0.05) is 11.1 Å². The molecule has 0 heterocycles. The van der Waals surface area contributed by atoms with E-state index in [0.29, 0.717) is 16.7 Å². The Balaban J connectivity index is 2.64. The molecule has 0 bridgehead atoms. The van der Waals surface area contributed by atoms with E-state index in [1.807, 2.05) is 41.5 Å². The van der Waals surface area contributed by atoms with Crippen molar-refractivity contribution in [2.45, 2.75) is 52.4 Å². The Morgan fingerprint density at radius 3 is 1.79 bits per heavy atom. The number of benzene rings is 2. The maximum Gasteiger partial charge on any atom is 0.584 e. The zero-order valence-corrected chi connectivity index (χ0v) is 18.9. The van der Waals surface area contributed by atoms with E-state index < -0.39 is 24.6 Å². The molecule has 2 aromatic carbocycles.